The smallest absolute Gasteiger partial charge is 0.273 e. The topological polar surface area (TPSA) is 47.7 Å². The Morgan fingerprint density at radius 2 is 2.00 bits per heavy atom. The fourth-order valence-electron chi connectivity index (χ4n) is 2.42. The van der Waals surface area contributed by atoms with Crippen molar-refractivity contribution in [3.63, 3.8) is 0 Å². The van der Waals surface area contributed by atoms with Crippen LogP contribution in [0.2, 0.25) is 0 Å². The molecule has 70 valence electrons. The van der Waals surface area contributed by atoms with Crippen LogP contribution in [0.25, 0.3) is 4.85 Å². The summed E-state index contributed by atoms with van der Waals surface area (Å²) in [6.07, 6.45) is 6.98. The Bertz CT molecular complexity index is 359. The minimum atomic E-state index is -3.81. The van der Waals surface area contributed by atoms with Crippen molar-refractivity contribution in [2.75, 3.05) is 6.61 Å². The highest BCUT2D eigenvalue weighted by molar-refractivity contribution is 7.87. The Morgan fingerprint density at radius 3 is 2.38 bits per heavy atom. The van der Waals surface area contributed by atoms with Gasteiger partial charge in [-0.25, -0.2) is 6.57 Å². The van der Waals surface area contributed by atoms with E-state index in [4.69, 9.17) is 12.8 Å². The largest absolute Gasteiger partial charge is 0.310 e. The molecule has 0 unspecified atom stereocenters. The molecular formula is C8H9NO3S. The third kappa shape index (κ3) is 1.34. The van der Waals surface area contributed by atoms with E-state index in [0.29, 0.717) is 0 Å². The molecule has 0 N–H and O–H groups in total. The highest BCUT2D eigenvalue weighted by atomic mass is 32.2. The summed E-state index contributed by atoms with van der Waals surface area (Å²) >= 11 is 0. The summed E-state index contributed by atoms with van der Waals surface area (Å²) in [6.45, 7) is 7.02. The molecule has 5 heteroatoms. The van der Waals surface area contributed by atoms with Crippen LogP contribution in [0.3, 0.4) is 0 Å². The van der Waals surface area contributed by atoms with E-state index in [1.54, 1.807) is 0 Å². The lowest BCUT2D eigenvalue weighted by Gasteiger charge is -2.61. The second-order valence-electron chi connectivity index (χ2n) is 4.12. The molecule has 3 fully saturated rings. The van der Waals surface area contributed by atoms with Crippen LogP contribution < -0.4 is 0 Å². The van der Waals surface area contributed by atoms with Gasteiger partial charge in [-0.15, -0.1) is 0 Å². The molecule has 0 amide bonds. The first-order chi connectivity index (χ1) is 5.89. The Hall–Kier alpha value is -0.600. The Labute approximate surface area is 77.8 Å². The van der Waals surface area contributed by atoms with E-state index in [0.717, 1.165) is 19.3 Å². The highest BCUT2D eigenvalue weighted by Gasteiger charge is 2.74. The van der Waals surface area contributed by atoms with Gasteiger partial charge in [0.05, 0.1) is 6.61 Å². The highest BCUT2D eigenvalue weighted by Crippen LogP contribution is 2.69. The Kier molecular flexibility index (Phi) is 1.55. The van der Waals surface area contributed by atoms with Crippen LogP contribution in [0.4, 0.5) is 0 Å². The molecule has 3 aliphatic rings. The summed E-state index contributed by atoms with van der Waals surface area (Å²) in [5.74, 6) is 0. The van der Waals surface area contributed by atoms with E-state index < -0.39 is 10.1 Å². The van der Waals surface area contributed by atoms with E-state index in [1.807, 2.05) is 0 Å². The molecule has 0 spiro atoms. The van der Waals surface area contributed by atoms with E-state index in [-0.39, 0.29) is 17.6 Å². The van der Waals surface area contributed by atoms with Crippen molar-refractivity contribution >= 4 is 10.1 Å². The second-order valence-corrected chi connectivity index (χ2v) is 5.34. The van der Waals surface area contributed by atoms with Gasteiger partial charge in [-0.2, -0.15) is 8.42 Å². The number of rotatable bonds is 3. The summed E-state index contributed by atoms with van der Waals surface area (Å²) in [7, 11) is -3.81. The van der Waals surface area contributed by atoms with Gasteiger partial charge >= 0.3 is 0 Å². The van der Waals surface area contributed by atoms with Gasteiger partial charge in [0.1, 0.15) is 6.26 Å². The third-order valence-corrected chi connectivity index (χ3v) is 3.33. The van der Waals surface area contributed by atoms with Crippen LogP contribution in [0.5, 0.6) is 0 Å². The Balaban J connectivity index is 1.86. The molecule has 2 radical (unpaired) electrons. The maximum absolute atomic E-state index is 10.5. The zero-order chi connectivity index (χ0) is 9.74. The quantitative estimate of drug-likeness (QED) is 0.500. The molecule has 0 saturated heterocycles. The molecule has 0 aromatic heterocycles. The van der Waals surface area contributed by atoms with Gasteiger partial charge in [-0.1, -0.05) is 0 Å². The first kappa shape index (κ1) is 8.97. The van der Waals surface area contributed by atoms with Crippen molar-refractivity contribution < 1.29 is 12.6 Å². The predicted octanol–water partition coefficient (Wildman–Crippen LogP) is 0.843. The van der Waals surface area contributed by atoms with Gasteiger partial charge in [-0.05, 0) is 0 Å². The molecule has 13 heavy (non-hydrogen) atoms. The van der Waals surface area contributed by atoms with Gasteiger partial charge < -0.3 is 4.85 Å². The van der Waals surface area contributed by atoms with Crippen molar-refractivity contribution in [3.8, 4) is 0 Å². The lowest BCUT2D eigenvalue weighted by atomic mass is 9.40. The fourth-order valence-corrected chi connectivity index (χ4v) is 2.83. The van der Waals surface area contributed by atoms with Crippen molar-refractivity contribution in [2.45, 2.75) is 24.8 Å². The predicted molar refractivity (Wildman–Crippen MR) is 44.8 cm³/mol. The monoisotopic (exact) mass is 199 g/mol. The molecular weight excluding hydrogens is 190 g/mol. The van der Waals surface area contributed by atoms with Crippen LogP contribution in [-0.4, -0.2) is 20.6 Å². The molecule has 4 nitrogen and oxygen atoms in total. The minimum Gasteiger partial charge on any atom is -0.310 e. The van der Waals surface area contributed by atoms with Crippen LogP contribution in [0.1, 0.15) is 19.3 Å². The molecule has 3 rings (SSSR count). The number of hydrogen-bond acceptors (Lipinski definition) is 3. The van der Waals surface area contributed by atoms with Gasteiger partial charge in [0, 0.05) is 24.7 Å². The van der Waals surface area contributed by atoms with Crippen molar-refractivity contribution in [3.05, 3.63) is 17.7 Å². The van der Waals surface area contributed by atoms with E-state index in [9.17, 15) is 8.42 Å². The van der Waals surface area contributed by atoms with Gasteiger partial charge in [-0.3, -0.25) is 4.18 Å². The average Bonchev–Trinajstić information content (AvgIpc) is 1.79. The first-order valence-corrected chi connectivity index (χ1v) is 5.42. The molecule has 2 bridgehead atoms. The fraction of sp³-hybridized carbons (Fsp3) is 0.750. The maximum Gasteiger partial charge on any atom is 0.273 e. The standard InChI is InChI=1S/C8H9NO3S/c1-9-8-3-7(4-8,5-8)6-12-13(2,10)11/h2H,3-6H2. The molecule has 0 aromatic carbocycles. The van der Waals surface area contributed by atoms with Crippen LogP contribution in [-0.2, 0) is 14.3 Å². The molecule has 3 aliphatic carbocycles. The first-order valence-electron chi connectivity index (χ1n) is 3.95. The summed E-state index contributed by atoms with van der Waals surface area (Å²) in [6, 6.07) is 0. The lowest BCUT2D eigenvalue weighted by molar-refractivity contribution is -0.129. The summed E-state index contributed by atoms with van der Waals surface area (Å²) in [5, 5.41) is 0. The second kappa shape index (κ2) is 2.25. The summed E-state index contributed by atoms with van der Waals surface area (Å²) in [5.41, 5.74) is -0.237. The van der Waals surface area contributed by atoms with Crippen molar-refractivity contribution in [1.29, 1.82) is 0 Å². The van der Waals surface area contributed by atoms with Crippen molar-refractivity contribution in [2.24, 2.45) is 5.41 Å². The lowest BCUT2D eigenvalue weighted by Crippen LogP contribution is -2.66. The number of nitrogens with zero attached hydrogens (tertiary/aromatic N) is 1. The molecule has 0 aromatic rings. The van der Waals surface area contributed by atoms with E-state index >= 15 is 0 Å². The minimum absolute atomic E-state index is 0.0585. The van der Waals surface area contributed by atoms with Crippen LogP contribution in [0.15, 0.2) is 0 Å². The molecule has 0 heterocycles. The van der Waals surface area contributed by atoms with Gasteiger partial charge in [0.25, 0.3) is 10.1 Å². The Morgan fingerprint density at radius 1 is 1.46 bits per heavy atom. The zero-order valence-electron chi connectivity index (χ0n) is 6.99. The molecule has 3 saturated carbocycles. The van der Waals surface area contributed by atoms with E-state index in [2.05, 4.69) is 9.03 Å². The zero-order valence-corrected chi connectivity index (χ0v) is 7.80. The number of hydrogen-bond donors (Lipinski definition) is 0. The van der Waals surface area contributed by atoms with Crippen LogP contribution in [0, 0.1) is 18.2 Å². The van der Waals surface area contributed by atoms with Crippen LogP contribution >= 0.6 is 0 Å². The normalized spacial score (nSPS) is 41.5. The van der Waals surface area contributed by atoms with Gasteiger partial charge in [0.15, 0.2) is 0 Å². The molecule has 0 aliphatic heterocycles. The third-order valence-electron chi connectivity index (χ3n) is 2.88. The maximum atomic E-state index is 10.5. The average molecular weight is 199 g/mol. The van der Waals surface area contributed by atoms with E-state index in [1.165, 1.54) is 0 Å². The van der Waals surface area contributed by atoms with Gasteiger partial charge in [0.2, 0.25) is 5.54 Å². The summed E-state index contributed by atoms with van der Waals surface area (Å²) < 4.78 is 25.5. The summed E-state index contributed by atoms with van der Waals surface area (Å²) in [4.78, 5) is 3.49. The SMILES string of the molecule is [C-]#[N+]C12CC(COS([CH])(=O)=O)(C1)C2. The van der Waals surface area contributed by atoms with Crippen molar-refractivity contribution in [1.82, 2.24) is 0 Å². The molecule has 0 atom stereocenters.